The second kappa shape index (κ2) is 7.40. The molecule has 0 aliphatic heterocycles. The van der Waals surface area contributed by atoms with Gasteiger partial charge in [-0.05, 0) is 17.7 Å². The fraction of sp³-hybridized carbons (Fsp3) is 0.500. The van der Waals surface area contributed by atoms with Gasteiger partial charge in [-0.3, -0.25) is 0 Å². The van der Waals surface area contributed by atoms with E-state index in [4.69, 9.17) is 4.74 Å². The largest absolute Gasteiger partial charge is 0.497 e. The van der Waals surface area contributed by atoms with Crippen LogP contribution in [0.3, 0.4) is 0 Å². The summed E-state index contributed by atoms with van der Waals surface area (Å²) in [6.45, 7) is -0.957. The van der Waals surface area contributed by atoms with Gasteiger partial charge in [-0.1, -0.05) is 12.1 Å². The molecule has 1 rings (SSSR count). The van der Waals surface area contributed by atoms with Crippen LogP contribution in [0.4, 0.5) is 8.78 Å². The molecule has 108 valence electrons. The van der Waals surface area contributed by atoms with Crippen molar-refractivity contribution in [3.63, 3.8) is 0 Å². The summed E-state index contributed by atoms with van der Waals surface area (Å²) < 4.78 is 56.5. The van der Waals surface area contributed by atoms with Gasteiger partial charge in [0.15, 0.2) is 9.84 Å². The van der Waals surface area contributed by atoms with E-state index in [1.807, 2.05) is 0 Å². The number of benzene rings is 1. The zero-order chi connectivity index (χ0) is 14.3. The first-order valence-electron chi connectivity index (χ1n) is 5.62. The Hall–Kier alpha value is -1.21. The van der Waals surface area contributed by atoms with Gasteiger partial charge < -0.3 is 9.47 Å². The van der Waals surface area contributed by atoms with Gasteiger partial charge in [0, 0.05) is 0 Å². The molecule has 0 aliphatic rings. The van der Waals surface area contributed by atoms with Crippen LogP contribution in [0.5, 0.6) is 5.75 Å². The third-order valence-corrected chi connectivity index (χ3v) is 3.89. The first-order valence-corrected chi connectivity index (χ1v) is 7.44. The molecule has 0 bridgehead atoms. The highest BCUT2D eigenvalue weighted by Gasteiger charge is 2.13. The molecule has 0 aromatic heterocycles. The van der Waals surface area contributed by atoms with Crippen molar-refractivity contribution in [1.29, 1.82) is 0 Å². The van der Waals surface area contributed by atoms with E-state index >= 15 is 0 Å². The van der Waals surface area contributed by atoms with E-state index in [9.17, 15) is 17.2 Å². The number of ether oxygens (including phenoxy) is 2. The predicted octanol–water partition coefficient (Wildman–Crippen LogP) is 1.89. The standard InChI is InChI=1S/C12H16F2O4S/c1-17-11-4-2-10(3-5-11)9-19(15,16)7-6-18-8-12(13)14/h2-5,12H,6-9H2,1H3. The Kier molecular flexibility index (Phi) is 6.17. The minimum absolute atomic E-state index is 0.144. The average molecular weight is 294 g/mol. The zero-order valence-corrected chi connectivity index (χ0v) is 11.3. The Bertz CT molecular complexity index is 471. The molecule has 1 aromatic rings. The number of methoxy groups -OCH3 is 1. The van der Waals surface area contributed by atoms with Crippen LogP contribution in [0.2, 0.25) is 0 Å². The Balaban J connectivity index is 2.44. The summed E-state index contributed by atoms with van der Waals surface area (Å²) in [5, 5.41) is 0. The quantitative estimate of drug-likeness (QED) is 0.687. The molecule has 0 saturated heterocycles. The zero-order valence-electron chi connectivity index (χ0n) is 10.5. The number of alkyl halides is 2. The summed E-state index contributed by atoms with van der Waals surface area (Å²) in [4.78, 5) is 0. The van der Waals surface area contributed by atoms with Crippen LogP contribution in [0.1, 0.15) is 5.56 Å². The van der Waals surface area contributed by atoms with Crippen molar-refractivity contribution in [1.82, 2.24) is 0 Å². The maximum absolute atomic E-state index is 11.8. The van der Waals surface area contributed by atoms with Crippen molar-refractivity contribution in [2.24, 2.45) is 0 Å². The SMILES string of the molecule is COc1ccc(CS(=O)(=O)CCOCC(F)F)cc1. The highest BCUT2D eigenvalue weighted by molar-refractivity contribution is 7.90. The monoisotopic (exact) mass is 294 g/mol. The Labute approximate surface area is 111 Å². The molecule has 7 heteroatoms. The van der Waals surface area contributed by atoms with Gasteiger partial charge in [0.1, 0.15) is 12.4 Å². The first kappa shape index (κ1) is 15.8. The van der Waals surface area contributed by atoms with Crippen molar-refractivity contribution in [2.45, 2.75) is 12.2 Å². The maximum Gasteiger partial charge on any atom is 0.261 e. The van der Waals surface area contributed by atoms with E-state index < -0.39 is 22.9 Å². The van der Waals surface area contributed by atoms with Crippen molar-refractivity contribution in [3.8, 4) is 5.75 Å². The fourth-order valence-corrected chi connectivity index (χ4v) is 2.62. The Morgan fingerprint density at radius 2 is 1.84 bits per heavy atom. The lowest BCUT2D eigenvalue weighted by atomic mass is 10.2. The van der Waals surface area contributed by atoms with Crippen LogP contribution in [-0.4, -0.2) is 40.9 Å². The number of halogens is 2. The van der Waals surface area contributed by atoms with Crippen molar-refractivity contribution >= 4 is 9.84 Å². The van der Waals surface area contributed by atoms with Crippen LogP contribution in [0, 0.1) is 0 Å². The average Bonchev–Trinajstić information content (AvgIpc) is 2.35. The lowest BCUT2D eigenvalue weighted by Gasteiger charge is -2.06. The molecule has 19 heavy (non-hydrogen) atoms. The van der Waals surface area contributed by atoms with Crippen LogP contribution < -0.4 is 4.74 Å². The summed E-state index contributed by atoms with van der Waals surface area (Å²) >= 11 is 0. The molecule has 0 aliphatic carbocycles. The lowest BCUT2D eigenvalue weighted by Crippen LogP contribution is -2.16. The summed E-state index contributed by atoms with van der Waals surface area (Å²) in [5.41, 5.74) is 0.620. The molecule has 0 atom stereocenters. The minimum Gasteiger partial charge on any atom is -0.497 e. The second-order valence-electron chi connectivity index (χ2n) is 3.91. The van der Waals surface area contributed by atoms with Gasteiger partial charge in [-0.2, -0.15) is 0 Å². The molecule has 0 unspecified atom stereocenters. The summed E-state index contributed by atoms with van der Waals surface area (Å²) in [5.74, 6) is 0.224. The van der Waals surface area contributed by atoms with Crippen molar-refractivity contribution in [2.75, 3.05) is 26.1 Å². The molecule has 0 fully saturated rings. The highest BCUT2D eigenvalue weighted by atomic mass is 32.2. The summed E-state index contributed by atoms with van der Waals surface area (Å²) in [7, 11) is -1.84. The summed E-state index contributed by atoms with van der Waals surface area (Å²) in [6.07, 6.45) is -2.58. The van der Waals surface area contributed by atoms with Crippen LogP contribution in [0.15, 0.2) is 24.3 Å². The summed E-state index contributed by atoms with van der Waals surface area (Å²) in [6, 6.07) is 6.63. The predicted molar refractivity (Wildman–Crippen MR) is 67.3 cm³/mol. The van der Waals surface area contributed by atoms with E-state index in [-0.39, 0.29) is 18.1 Å². The second-order valence-corrected chi connectivity index (χ2v) is 6.09. The third-order valence-electron chi connectivity index (χ3n) is 2.33. The molecule has 0 saturated carbocycles. The van der Waals surface area contributed by atoms with Gasteiger partial charge in [-0.15, -0.1) is 0 Å². The molecule has 0 amide bonds. The number of sulfone groups is 1. The topological polar surface area (TPSA) is 52.6 Å². The highest BCUT2D eigenvalue weighted by Crippen LogP contribution is 2.13. The number of hydrogen-bond donors (Lipinski definition) is 0. The normalized spacial score (nSPS) is 11.8. The molecular weight excluding hydrogens is 278 g/mol. The van der Waals surface area contributed by atoms with Crippen molar-refractivity contribution < 1.29 is 26.7 Å². The van der Waals surface area contributed by atoms with Gasteiger partial charge in [0.05, 0.1) is 25.2 Å². The Morgan fingerprint density at radius 1 is 1.21 bits per heavy atom. The van der Waals surface area contributed by atoms with Crippen molar-refractivity contribution in [3.05, 3.63) is 29.8 Å². The van der Waals surface area contributed by atoms with E-state index in [0.717, 1.165) is 0 Å². The van der Waals surface area contributed by atoms with Gasteiger partial charge in [0.25, 0.3) is 6.43 Å². The third kappa shape index (κ3) is 6.49. The maximum atomic E-state index is 11.8. The van der Waals surface area contributed by atoms with Gasteiger partial charge >= 0.3 is 0 Å². The molecule has 0 N–H and O–H groups in total. The van der Waals surface area contributed by atoms with Crippen LogP contribution in [0.25, 0.3) is 0 Å². The fourth-order valence-electron chi connectivity index (χ4n) is 1.41. The molecule has 0 radical (unpaired) electrons. The van der Waals surface area contributed by atoms with E-state index in [0.29, 0.717) is 11.3 Å². The minimum atomic E-state index is -3.36. The number of hydrogen-bond acceptors (Lipinski definition) is 4. The smallest absolute Gasteiger partial charge is 0.261 e. The van der Waals surface area contributed by atoms with Gasteiger partial charge in [0.2, 0.25) is 0 Å². The van der Waals surface area contributed by atoms with E-state index in [1.165, 1.54) is 7.11 Å². The van der Waals surface area contributed by atoms with Crippen LogP contribution >= 0.6 is 0 Å². The molecule has 0 spiro atoms. The number of rotatable bonds is 8. The molecule has 0 heterocycles. The Morgan fingerprint density at radius 3 is 2.37 bits per heavy atom. The van der Waals surface area contributed by atoms with E-state index in [1.54, 1.807) is 24.3 Å². The molecule has 1 aromatic carbocycles. The van der Waals surface area contributed by atoms with Gasteiger partial charge in [-0.25, -0.2) is 17.2 Å². The molecular formula is C12H16F2O4S. The van der Waals surface area contributed by atoms with E-state index in [2.05, 4.69) is 4.74 Å². The first-order chi connectivity index (χ1) is 8.93. The van der Waals surface area contributed by atoms with Crippen LogP contribution in [-0.2, 0) is 20.3 Å². The molecule has 4 nitrogen and oxygen atoms in total. The lowest BCUT2D eigenvalue weighted by molar-refractivity contribution is 0.0234.